The van der Waals surface area contributed by atoms with Crippen molar-refractivity contribution < 1.29 is 27.4 Å². The highest BCUT2D eigenvalue weighted by molar-refractivity contribution is 7.89. The topological polar surface area (TPSA) is 122 Å². The van der Waals surface area contributed by atoms with E-state index in [2.05, 4.69) is 5.10 Å². The Hall–Kier alpha value is -3.64. The van der Waals surface area contributed by atoms with Gasteiger partial charge in [-0.1, -0.05) is 23.2 Å². The molecule has 0 bridgehead atoms. The van der Waals surface area contributed by atoms with Gasteiger partial charge >= 0.3 is 5.97 Å². The van der Waals surface area contributed by atoms with Gasteiger partial charge < -0.3 is 9.84 Å². The number of fused-ring (bicyclic) bond motifs is 1. The van der Waals surface area contributed by atoms with E-state index >= 15 is 0 Å². The van der Waals surface area contributed by atoms with Gasteiger partial charge in [0.05, 0.1) is 16.1 Å². The van der Waals surface area contributed by atoms with Gasteiger partial charge in [0.15, 0.2) is 6.04 Å². The van der Waals surface area contributed by atoms with E-state index in [1.54, 1.807) is 0 Å². The van der Waals surface area contributed by atoms with Crippen LogP contribution < -0.4 is 10.3 Å². The Labute approximate surface area is 225 Å². The molecule has 1 aliphatic heterocycles. The number of H-pyrrole nitrogens is 1. The largest absolute Gasteiger partial charge is 0.480 e. The fourth-order valence-electron chi connectivity index (χ4n) is 4.28. The zero-order valence-electron chi connectivity index (χ0n) is 19.3. The second kappa shape index (κ2) is 9.91. The molecule has 0 radical (unpaired) electrons. The van der Waals surface area contributed by atoms with E-state index in [0.29, 0.717) is 27.2 Å². The summed E-state index contributed by atoms with van der Waals surface area (Å²) in [5.74, 6) is -1.37. The van der Waals surface area contributed by atoms with Gasteiger partial charge in [-0.05, 0) is 66.7 Å². The number of nitrogens with one attached hydrogen (secondary N) is 1. The Morgan fingerprint density at radius 3 is 2.24 bits per heavy atom. The van der Waals surface area contributed by atoms with Crippen molar-refractivity contribution in [2.24, 2.45) is 0 Å². The lowest BCUT2D eigenvalue weighted by atomic mass is 10.0. The first-order valence-electron chi connectivity index (χ1n) is 11.1. The molecule has 5 rings (SSSR count). The monoisotopic (exact) mass is 577 g/mol. The first-order valence-corrected chi connectivity index (χ1v) is 13.3. The number of carboxylic acids is 1. The molecule has 0 saturated carbocycles. The number of nitrogens with zero attached hydrogens (tertiary/aromatic N) is 2. The summed E-state index contributed by atoms with van der Waals surface area (Å²) in [6, 6.07) is 13.2. The molecule has 1 atom stereocenters. The smallest absolute Gasteiger partial charge is 0.326 e. The van der Waals surface area contributed by atoms with E-state index in [-0.39, 0.29) is 29.1 Å². The first-order chi connectivity index (χ1) is 18.0. The zero-order valence-corrected chi connectivity index (χ0v) is 21.6. The van der Waals surface area contributed by atoms with Gasteiger partial charge in [0.1, 0.15) is 17.3 Å². The fourth-order valence-corrected chi connectivity index (χ4v) is 6.34. The number of rotatable bonds is 6. The molecule has 1 aliphatic rings. The number of hydrogen-bond donors (Lipinski definition) is 2. The fraction of sp³-hybridized carbons (Fsp3) is 0.120. The van der Waals surface area contributed by atoms with Crippen molar-refractivity contribution in [2.45, 2.75) is 17.4 Å². The lowest BCUT2D eigenvalue weighted by Gasteiger charge is -2.31. The highest BCUT2D eigenvalue weighted by Crippen LogP contribution is 2.34. The molecule has 13 heteroatoms. The molecule has 2 N–H and O–H groups in total. The molecular formula is C25H18Cl2FN3O6S. The maximum atomic E-state index is 13.5. The molecule has 38 heavy (non-hydrogen) atoms. The number of aromatic nitrogens is 2. The summed E-state index contributed by atoms with van der Waals surface area (Å²) in [6.45, 7) is -0.186. The molecule has 0 spiro atoms. The summed E-state index contributed by atoms with van der Waals surface area (Å²) in [6.07, 6.45) is 0.0680. The molecule has 0 amide bonds. The molecule has 3 aromatic carbocycles. The number of sulfonamides is 1. The lowest BCUT2D eigenvalue weighted by Crippen LogP contribution is -2.45. The molecule has 2 heterocycles. The van der Waals surface area contributed by atoms with Crippen molar-refractivity contribution in [2.75, 3.05) is 6.54 Å². The molecule has 1 aromatic heterocycles. The van der Waals surface area contributed by atoms with Gasteiger partial charge in [-0.2, -0.15) is 4.31 Å². The van der Waals surface area contributed by atoms with E-state index in [9.17, 15) is 27.5 Å². The Balaban J connectivity index is 1.47. The molecule has 1 unspecified atom stereocenters. The van der Waals surface area contributed by atoms with Crippen LogP contribution in [0, 0.1) is 5.82 Å². The van der Waals surface area contributed by atoms with E-state index < -0.39 is 33.4 Å². The van der Waals surface area contributed by atoms with E-state index in [1.165, 1.54) is 54.6 Å². The minimum Gasteiger partial charge on any atom is -0.480 e. The summed E-state index contributed by atoms with van der Waals surface area (Å²) in [5, 5.41) is 13.6. The van der Waals surface area contributed by atoms with Gasteiger partial charge in [-0.15, -0.1) is 0 Å². The number of halogens is 3. The molecular weight excluding hydrogens is 560 g/mol. The number of carboxylic acid groups (broad SMARTS) is 1. The first kappa shape index (κ1) is 26.0. The molecule has 0 fully saturated rings. The number of aromatic amines is 1. The highest BCUT2D eigenvalue weighted by Gasteiger charge is 2.44. The Morgan fingerprint density at radius 1 is 1.00 bits per heavy atom. The van der Waals surface area contributed by atoms with Crippen molar-refractivity contribution in [3.8, 4) is 17.2 Å². The second-order valence-electron chi connectivity index (χ2n) is 8.41. The Morgan fingerprint density at radius 2 is 1.63 bits per heavy atom. The van der Waals surface area contributed by atoms with Crippen LogP contribution in [0.3, 0.4) is 0 Å². The van der Waals surface area contributed by atoms with Crippen LogP contribution in [0.2, 0.25) is 10.0 Å². The van der Waals surface area contributed by atoms with E-state index in [0.717, 1.165) is 21.1 Å². The number of hydrogen-bond acceptors (Lipinski definition) is 5. The average molecular weight is 578 g/mol. The van der Waals surface area contributed by atoms with Crippen molar-refractivity contribution in [3.05, 3.63) is 104 Å². The third-order valence-corrected chi connectivity index (χ3v) is 8.28. The maximum Gasteiger partial charge on any atom is 0.326 e. The third-order valence-electron chi connectivity index (χ3n) is 5.97. The third kappa shape index (κ3) is 4.81. The summed E-state index contributed by atoms with van der Waals surface area (Å²) in [4.78, 5) is 25.3. The van der Waals surface area contributed by atoms with Crippen LogP contribution in [0.15, 0.2) is 76.4 Å². The van der Waals surface area contributed by atoms with Crippen molar-refractivity contribution in [1.29, 1.82) is 0 Å². The maximum absolute atomic E-state index is 13.5. The van der Waals surface area contributed by atoms with Crippen LogP contribution in [0.25, 0.3) is 5.69 Å². The summed E-state index contributed by atoms with van der Waals surface area (Å²) < 4.78 is 47.9. The number of carbonyl (C=O) groups is 1. The average Bonchev–Trinajstić information content (AvgIpc) is 3.20. The molecule has 4 aromatic rings. The molecule has 0 saturated heterocycles. The predicted molar refractivity (Wildman–Crippen MR) is 137 cm³/mol. The van der Waals surface area contributed by atoms with Gasteiger partial charge in [0.25, 0.3) is 5.56 Å². The van der Waals surface area contributed by atoms with Crippen LogP contribution in [0.1, 0.15) is 17.3 Å². The van der Waals surface area contributed by atoms with Gasteiger partial charge in [-0.25, -0.2) is 17.5 Å². The predicted octanol–water partition coefficient (Wildman–Crippen LogP) is 4.78. The van der Waals surface area contributed by atoms with Crippen molar-refractivity contribution in [3.63, 3.8) is 0 Å². The quantitative estimate of drug-likeness (QED) is 0.340. The summed E-state index contributed by atoms with van der Waals surface area (Å²) in [5.41, 5.74) is -0.361. The highest BCUT2D eigenvalue weighted by atomic mass is 35.5. The standard InChI is InChI=1S/C25H18Cl2FN3O6S/c26-14-11-15(27)13-19(12-14)37-18-5-7-20(8-6-18)38(35,36)30-10-9-21-22(23(30)25(33)34)24(32)31(29-21)17-3-1-16(28)2-4-17/h1-8,11-13,23,29H,9-10H2,(H,33,34). The van der Waals surface area contributed by atoms with E-state index in [1.807, 2.05) is 0 Å². The van der Waals surface area contributed by atoms with Crippen LogP contribution in [0.4, 0.5) is 4.39 Å². The van der Waals surface area contributed by atoms with Crippen LogP contribution in [-0.2, 0) is 21.2 Å². The van der Waals surface area contributed by atoms with Gasteiger partial charge in [0.2, 0.25) is 10.0 Å². The SMILES string of the molecule is O=C(O)C1c2c([nH]n(-c3ccc(F)cc3)c2=O)CCN1S(=O)(=O)c1ccc(Oc2cc(Cl)cc(Cl)c2)cc1. The molecule has 0 aliphatic carbocycles. The number of ether oxygens (including phenoxy) is 1. The minimum atomic E-state index is -4.34. The summed E-state index contributed by atoms with van der Waals surface area (Å²) in [7, 11) is -4.34. The Kier molecular flexibility index (Phi) is 6.78. The second-order valence-corrected chi connectivity index (χ2v) is 11.2. The lowest BCUT2D eigenvalue weighted by molar-refractivity contribution is -0.142. The molecule has 196 valence electrons. The van der Waals surface area contributed by atoms with E-state index in [4.69, 9.17) is 27.9 Å². The van der Waals surface area contributed by atoms with Gasteiger partial charge in [-0.3, -0.25) is 14.7 Å². The van der Waals surface area contributed by atoms with Gasteiger partial charge in [0, 0.05) is 28.7 Å². The van der Waals surface area contributed by atoms with Crippen molar-refractivity contribution >= 4 is 39.2 Å². The van der Waals surface area contributed by atoms with Crippen molar-refractivity contribution in [1.82, 2.24) is 14.1 Å². The normalized spacial score (nSPS) is 15.7. The summed E-state index contributed by atoms with van der Waals surface area (Å²) >= 11 is 12.0. The molecule has 9 nitrogen and oxygen atoms in total. The number of aliphatic carboxylic acids is 1. The minimum absolute atomic E-state index is 0.0680. The number of benzene rings is 3. The van der Waals surface area contributed by atoms with Crippen LogP contribution in [-0.4, -0.2) is 40.1 Å². The Bertz CT molecular complexity index is 1680. The van der Waals surface area contributed by atoms with Crippen LogP contribution in [0.5, 0.6) is 11.5 Å². The zero-order chi connectivity index (χ0) is 27.2. The van der Waals surface area contributed by atoms with Crippen LogP contribution >= 0.6 is 23.2 Å².